The van der Waals surface area contributed by atoms with E-state index >= 15 is 0 Å². The predicted molar refractivity (Wildman–Crippen MR) is 111 cm³/mol. The summed E-state index contributed by atoms with van der Waals surface area (Å²) in [6.07, 6.45) is 0. The molecule has 0 aliphatic carbocycles. The first-order valence-electron chi connectivity index (χ1n) is 8.92. The molecule has 0 aliphatic rings. The number of nitrogens with one attached hydrogen (secondary N) is 1. The minimum absolute atomic E-state index is 0.176. The normalized spacial score (nSPS) is 11.7. The molecule has 0 saturated heterocycles. The molecular formula is C22H22N2O3S. The summed E-state index contributed by atoms with van der Waals surface area (Å²) in [4.78, 5) is 29.8. The van der Waals surface area contributed by atoms with Gasteiger partial charge in [-0.3, -0.25) is 4.79 Å². The van der Waals surface area contributed by atoms with Crippen LogP contribution in [0.4, 0.5) is 0 Å². The molecule has 3 rings (SSSR count). The zero-order valence-corrected chi connectivity index (χ0v) is 17.1. The van der Waals surface area contributed by atoms with Crippen LogP contribution in [0.2, 0.25) is 0 Å². The van der Waals surface area contributed by atoms with E-state index in [0.29, 0.717) is 11.1 Å². The molecular weight excluding hydrogens is 372 g/mol. The van der Waals surface area contributed by atoms with Crippen LogP contribution in [-0.2, 0) is 4.74 Å². The molecule has 1 unspecified atom stereocenters. The summed E-state index contributed by atoms with van der Waals surface area (Å²) < 4.78 is 4.67. The van der Waals surface area contributed by atoms with Crippen molar-refractivity contribution in [2.24, 2.45) is 0 Å². The highest BCUT2D eigenvalue weighted by Crippen LogP contribution is 2.32. The topological polar surface area (TPSA) is 68.3 Å². The molecule has 1 N–H and O–H groups in total. The molecule has 0 bridgehead atoms. The van der Waals surface area contributed by atoms with Crippen LogP contribution in [0.15, 0.2) is 48.5 Å². The molecule has 0 aliphatic heterocycles. The van der Waals surface area contributed by atoms with E-state index in [0.717, 1.165) is 21.1 Å². The van der Waals surface area contributed by atoms with E-state index in [2.05, 4.69) is 46.2 Å². The van der Waals surface area contributed by atoms with Gasteiger partial charge in [-0.2, -0.15) is 0 Å². The fourth-order valence-corrected chi connectivity index (χ4v) is 3.92. The number of aromatic nitrogens is 1. The van der Waals surface area contributed by atoms with Crippen LogP contribution in [0, 0.1) is 13.8 Å². The largest absolute Gasteiger partial charge is 0.465 e. The lowest BCUT2D eigenvalue weighted by atomic mass is 10.1. The lowest BCUT2D eigenvalue weighted by molar-refractivity contribution is 0.0600. The summed E-state index contributed by atoms with van der Waals surface area (Å²) in [6, 6.07) is 14.5. The molecule has 1 heterocycles. The summed E-state index contributed by atoms with van der Waals surface area (Å²) in [6.45, 7) is 5.95. The second-order valence-corrected chi connectivity index (χ2v) is 7.63. The fraction of sp³-hybridized carbons (Fsp3) is 0.227. The van der Waals surface area contributed by atoms with Crippen molar-refractivity contribution in [1.29, 1.82) is 0 Å². The predicted octanol–water partition coefficient (Wildman–Crippen LogP) is 4.70. The maximum absolute atomic E-state index is 12.6. The number of rotatable bonds is 5. The number of hydrogen-bond donors (Lipinski definition) is 1. The van der Waals surface area contributed by atoms with Gasteiger partial charge in [-0.15, -0.1) is 11.3 Å². The minimum atomic E-state index is -0.427. The zero-order valence-electron chi connectivity index (χ0n) is 16.3. The first-order chi connectivity index (χ1) is 13.4. The molecule has 0 spiro atoms. The van der Waals surface area contributed by atoms with Gasteiger partial charge in [-0.25, -0.2) is 9.78 Å². The van der Waals surface area contributed by atoms with E-state index in [4.69, 9.17) is 0 Å². The van der Waals surface area contributed by atoms with Crippen molar-refractivity contribution in [3.05, 3.63) is 75.8 Å². The van der Waals surface area contributed by atoms with Gasteiger partial charge in [-0.1, -0.05) is 29.8 Å². The van der Waals surface area contributed by atoms with E-state index < -0.39 is 5.97 Å². The molecule has 0 saturated carbocycles. The number of carbonyl (C=O) groups is 2. The van der Waals surface area contributed by atoms with Gasteiger partial charge in [0.25, 0.3) is 5.91 Å². The summed E-state index contributed by atoms with van der Waals surface area (Å²) in [5, 5.41) is 3.95. The molecule has 6 heteroatoms. The fourth-order valence-electron chi connectivity index (χ4n) is 2.85. The van der Waals surface area contributed by atoms with E-state index in [1.807, 2.05) is 13.8 Å². The van der Waals surface area contributed by atoms with Crippen LogP contribution in [0.1, 0.15) is 49.8 Å². The number of amides is 1. The van der Waals surface area contributed by atoms with Crippen molar-refractivity contribution in [2.45, 2.75) is 26.8 Å². The Morgan fingerprint density at radius 2 is 1.61 bits per heavy atom. The molecule has 5 nitrogen and oxygen atoms in total. The van der Waals surface area contributed by atoms with E-state index in [1.54, 1.807) is 35.6 Å². The quantitative estimate of drug-likeness (QED) is 0.637. The average molecular weight is 394 g/mol. The zero-order chi connectivity index (χ0) is 20.3. The van der Waals surface area contributed by atoms with Crippen molar-refractivity contribution in [2.75, 3.05) is 7.11 Å². The Morgan fingerprint density at radius 1 is 1.00 bits per heavy atom. The average Bonchev–Trinajstić information content (AvgIpc) is 3.09. The Bertz CT molecular complexity index is 992. The molecule has 0 fully saturated rings. The van der Waals surface area contributed by atoms with Crippen molar-refractivity contribution < 1.29 is 14.3 Å². The third kappa shape index (κ3) is 4.28. The number of methoxy groups -OCH3 is 1. The summed E-state index contributed by atoms with van der Waals surface area (Å²) in [7, 11) is 1.33. The third-order valence-electron chi connectivity index (χ3n) is 4.44. The van der Waals surface area contributed by atoms with E-state index in [9.17, 15) is 9.59 Å². The van der Waals surface area contributed by atoms with E-state index in [-0.39, 0.29) is 11.9 Å². The number of ether oxygens (including phenoxy) is 1. The third-order valence-corrected chi connectivity index (χ3v) is 5.83. The molecule has 144 valence electrons. The Labute approximate surface area is 168 Å². The van der Waals surface area contributed by atoms with Gasteiger partial charge in [0.15, 0.2) is 0 Å². The number of carbonyl (C=O) groups excluding carboxylic acids is 2. The number of benzene rings is 2. The molecule has 2 aromatic carbocycles. The van der Waals surface area contributed by atoms with Gasteiger partial charge >= 0.3 is 5.97 Å². The lowest BCUT2D eigenvalue weighted by Gasteiger charge is -2.13. The summed E-state index contributed by atoms with van der Waals surface area (Å²) in [5.74, 6) is -0.627. The summed E-state index contributed by atoms with van der Waals surface area (Å²) in [5.41, 5.74) is 4.08. The van der Waals surface area contributed by atoms with Gasteiger partial charge in [0, 0.05) is 11.1 Å². The standard InChI is InChI=1S/C22H22N2O3S/c1-13-5-7-17(8-6-13)21-24-15(3)19(28-21)14(2)23-20(25)16-9-11-18(12-10-16)22(26)27-4/h5-12,14H,1-4H3,(H,23,25). The summed E-state index contributed by atoms with van der Waals surface area (Å²) >= 11 is 1.59. The van der Waals surface area contributed by atoms with Crippen molar-refractivity contribution in [1.82, 2.24) is 10.3 Å². The van der Waals surface area contributed by atoms with Crippen LogP contribution in [0.3, 0.4) is 0 Å². The number of nitrogens with zero attached hydrogens (tertiary/aromatic N) is 1. The molecule has 28 heavy (non-hydrogen) atoms. The van der Waals surface area contributed by atoms with Gasteiger partial charge in [0.1, 0.15) is 5.01 Å². The molecule has 1 amide bonds. The highest BCUT2D eigenvalue weighted by molar-refractivity contribution is 7.15. The van der Waals surface area contributed by atoms with Crippen LogP contribution in [0.25, 0.3) is 10.6 Å². The molecule has 0 radical (unpaired) electrons. The Kier molecular flexibility index (Phi) is 5.90. The van der Waals surface area contributed by atoms with Crippen LogP contribution in [-0.4, -0.2) is 24.0 Å². The second-order valence-electron chi connectivity index (χ2n) is 6.60. The first kappa shape index (κ1) is 19.8. The van der Waals surface area contributed by atoms with Crippen molar-refractivity contribution in [3.8, 4) is 10.6 Å². The molecule has 3 aromatic rings. The highest BCUT2D eigenvalue weighted by Gasteiger charge is 2.18. The maximum atomic E-state index is 12.6. The molecule has 1 atom stereocenters. The molecule has 1 aromatic heterocycles. The van der Waals surface area contributed by atoms with Crippen LogP contribution in [0.5, 0.6) is 0 Å². The highest BCUT2D eigenvalue weighted by atomic mass is 32.1. The number of esters is 1. The van der Waals surface area contributed by atoms with Crippen molar-refractivity contribution >= 4 is 23.2 Å². The maximum Gasteiger partial charge on any atom is 0.337 e. The smallest absolute Gasteiger partial charge is 0.337 e. The van der Waals surface area contributed by atoms with Crippen molar-refractivity contribution in [3.63, 3.8) is 0 Å². The van der Waals surface area contributed by atoms with Gasteiger partial charge in [-0.05, 0) is 45.0 Å². The SMILES string of the molecule is COC(=O)c1ccc(C(=O)NC(C)c2sc(-c3ccc(C)cc3)nc2C)cc1. The van der Waals surface area contributed by atoms with Crippen LogP contribution < -0.4 is 5.32 Å². The second kappa shape index (κ2) is 8.35. The first-order valence-corrected chi connectivity index (χ1v) is 9.74. The van der Waals surface area contributed by atoms with Gasteiger partial charge in [0.2, 0.25) is 0 Å². The number of hydrogen-bond acceptors (Lipinski definition) is 5. The number of aryl methyl sites for hydroxylation is 2. The Morgan fingerprint density at radius 3 is 2.21 bits per heavy atom. The Hall–Kier alpha value is -2.99. The van der Waals surface area contributed by atoms with E-state index in [1.165, 1.54) is 12.7 Å². The number of thiazole rings is 1. The van der Waals surface area contributed by atoms with Gasteiger partial charge < -0.3 is 10.1 Å². The Balaban J connectivity index is 1.73. The van der Waals surface area contributed by atoms with Crippen LogP contribution >= 0.6 is 11.3 Å². The lowest BCUT2D eigenvalue weighted by Crippen LogP contribution is -2.26. The van der Waals surface area contributed by atoms with Gasteiger partial charge in [0.05, 0.1) is 29.3 Å². The minimum Gasteiger partial charge on any atom is -0.465 e. The monoisotopic (exact) mass is 394 g/mol.